The minimum Gasteiger partial charge on any atom is -0.355 e. The van der Waals surface area contributed by atoms with Crippen molar-refractivity contribution in [2.24, 2.45) is 5.11 Å². The van der Waals surface area contributed by atoms with E-state index in [1.807, 2.05) is 30.3 Å². The lowest BCUT2D eigenvalue weighted by Gasteiger charge is -2.23. The van der Waals surface area contributed by atoms with Gasteiger partial charge in [0.05, 0.1) is 0 Å². The van der Waals surface area contributed by atoms with Gasteiger partial charge in [-0.05, 0) is 63.2 Å². The topological polar surface area (TPSA) is 60.3 Å². The molecule has 6 rings (SSSR count). The molecule has 0 saturated heterocycles. The molecule has 3 N–H and O–H groups in total. The molecule has 0 aliphatic heterocycles. The van der Waals surface area contributed by atoms with Crippen molar-refractivity contribution in [3.63, 3.8) is 0 Å². The second-order valence-electron chi connectivity index (χ2n) is 10.6. The first-order valence-electron chi connectivity index (χ1n) is 13.4. The summed E-state index contributed by atoms with van der Waals surface area (Å²) in [6.07, 6.45) is -0.368. The molecule has 0 radical (unpaired) electrons. The Labute approximate surface area is 230 Å². The number of fused-ring (bicyclic) bond motifs is 3. The molecular formula is C35H32N4. The van der Waals surface area contributed by atoms with Crippen molar-refractivity contribution in [3.05, 3.63) is 144 Å². The highest BCUT2D eigenvalue weighted by Crippen LogP contribution is 2.51. The van der Waals surface area contributed by atoms with Crippen LogP contribution in [0.25, 0.3) is 22.3 Å². The van der Waals surface area contributed by atoms with Crippen LogP contribution in [0.3, 0.4) is 0 Å². The Morgan fingerprint density at radius 1 is 0.692 bits per heavy atom. The SMILES string of the molecule is CC1(C)c2ccccc2-c2cc(-c3ccccc3)c(Nc3cccc(CNC(N=N)c4ccccc4)c3)cc21. The Kier molecular flexibility index (Phi) is 6.55. The van der Waals surface area contributed by atoms with Crippen LogP contribution in [0.15, 0.2) is 126 Å². The van der Waals surface area contributed by atoms with Gasteiger partial charge in [-0.3, -0.25) is 5.32 Å². The zero-order valence-electron chi connectivity index (χ0n) is 22.3. The summed E-state index contributed by atoms with van der Waals surface area (Å²) in [5, 5.41) is 10.9. The van der Waals surface area contributed by atoms with Crippen molar-refractivity contribution >= 4 is 11.4 Å². The fourth-order valence-corrected chi connectivity index (χ4v) is 5.71. The van der Waals surface area contributed by atoms with E-state index in [1.165, 1.54) is 33.4 Å². The molecule has 192 valence electrons. The highest BCUT2D eigenvalue weighted by atomic mass is 15.1. The van der Waals surface area contributed by atoms with Gasteiger partial charge in [-0.15, -0.1) is 0 Å². The van der Waals surface area contributed by atoms with Crippen LogP contribution in [0.1, 0.15) is 42.3 Å². The monoisotopic (exact) mass is 508 g/mol. The van der Waals surface area contributed by atoms with Gasteiger partial charge in [-0.1, -0.05) is 111 Å². The predicted octanol–water partition coefficient (Wildman–Crippen LogP) is 9.22. The maximum Gasteiger partial charge on any atom is 0.146 e. The maximum atomic E-state index is 7.65. The number of rotatable bonds is 8. The quantitative estimate of drug-likeness (QED) is 0.183. The summed E-state index contributed by atoms with van der Waals surface area (Å²) < 4.78 is 0. The number of nitrogens with one attached hydrogen (secondary N) is 3. The zero-order valence-corrected chi connectivity index (χ0v) is 22.3. The average molecular weight is 509 g/mol. The second kappa shape index (κ2) is 10.3. The van der Waals surface area contributed by atoms with E-state index in [9.17, 15) is 0 Å². The first kappa shape index (κ1) is 24.8. The standard InChI is InChI=1S/C35H32N4/c1-35(2)31-19-10-9-18-28(31)30-21-29(25-13-5-3-6-14-25)33(22-32(30)35)38-27-17-11-12-24(20-27)23-37-34(39-36)26-15-7-4-8-16-26/h3-22,34,36-38H,23H2,1-2H3. The van der Waals surface area contributed by atoms with Gasteiger partial charge in [0.25, 0.3) is 0 Å². The molecule has 4 nitrogen and oxygen atoms in total. The molecule has 0 bridgehead atoms. The summed E-state index contributed by atoms with van der Waals surface area (Å²) >= 11 is 0. The normalized spacial score (nSPS) is 13.8. The lowest BCUT2D eigenvalue weighted by Crippen LogP contribution is -2.18. The van der Waals surface area contributed by atoms with Crippen molar-refractivity contribution in [2.45, 2.75) is 32.0 Å². The largest absolute Gasteiger partial charge is 0.355 e. The van der Waals surface area contributed by atoms with E-state index < -0.39 is 0 Å². The first-order chi connectivity index (χ1) is 19.0. The lowest BCUT2D eigenvalue weighted by molar-refractivity contribution is 0.522. The van der Waals surface area contributed by atoms with E-state index >= 15 is 0 Å². The molecule has 39 heavy (non-hydrogen) atoms. The first-order valence-corrected chi connectivity index (χ1v) is 13.4. The molecule has 1 atom stereocenters. The molecule has 1 aliphatic rings. The van der Waals surface area contributed by atoms with Gasteiger partial charge >= 0.3 is 0 Å². The van der Waals surface area contributed by atoms with Crippen LogP contribution in [0.5, 0.6) is 0 Å². The van der Waals surface area contributed by atoms with E-state index in [-0.39, 0.29) is 11.6 Å². The second-order valence-corrected chi connectivity index (χ2v) is 10.6. The number of benzene rings is 5. The van der Waals surface area contributed by atoms with Gasteiger partial charge in [0.15, 0.2) is 0 Å². The number of nitrogens with zero attached hydrogens (tertiary/aromatic N) is 1. The van der Waals surface area contributed by atoms with Crippen molar-refractivity contribution in [3.8, 4) is 22.3 Å². The van der Waals surface area contributed by atoms with Crippen molar-refractivity contribution in [1.29, 1.82) is 5.53 Å². The molecular weight excluding hydrogens is 476 g/mol. The van der Waals surface area contributed by atoms with Crippen LogP contribution in [-0.2, 0) is 12.0 Å². The molecule has 4 heteroatoms. The molecule has 0 aromatic heterocycles. The molecule has 1 aliphatic carbocycles. The summed E-state index contributed by atoms with van der Waals surface area (Å²) in [5.74, 6) is 0. The third kappa shape index (κ3) is 4.75. The summed E-state index contributed by atoms with van der Waals surface area (Å²) in [7, 11) is 0. The molecule has 5 aromatic rings. The third-order valence-corrected chi connectivity index (χ3v) is 7.76. The Bertz CT molecular complexity index is 1620. The van der Waals surface area contributed by atoms with Gasteiger partial charge in [0.1, 0.15) is 6.17 Å². The summed E-state index contributed by atoms with van der Waals surface area (Å²) in [6, 6.07) is 42.4. The van der Waals surface area contributed by atoms with Crippen LogP contribution >= 0.6 is 0 Å². The molecule has 1 unspecified atom stereocenters. The van der Waals surface area contributed by atoms with E-state index in [2.05, 4.69) is 121 Å². The molecule has 0 spiro atoms. The lowest BCUT2D eigenvalue weighted by atomic mass is 9.82. The summed E-state index contributed by atoms with van der Waals surface area (Å²) in [5.41, 5.74) is 19.5. The summed E-state index contributed by atoms with van der Waals surface area (Å²) in [6.45, 7) is 5.24. The van der Waals surface area contributed by atoms with Gasteiger partial charge in [-0.25, -0.2) is 5.53 Å². The average Bonchev–Trinajstić information content (AvgIpc) is 3.20. The molecule has 0 amide bonds. The summed E-state index contributed by atoms with van der Waals surface area (Å²) in [4.78, 5) is 0. The van der Waals surface area contributed by atoms with Gasteiger partial charge in [0, 0.05) is 28.9 Å². The maximum absolute atomic E-state index is 7.65. The van der Waals surface area contributed by atoms with E-state index in [0.717, 1.165) is 22.5 Å². The van der Waals surface area contributed by atoms with Crippen molar-refractivity contribution in [1.82, 2.24) is 5.32 Å². The van der Waals surface area contributed by atoms with Crippen molar-refractivity contribution < 1.29 is 0 Å². The number of hydrogen-bond acceptors (Lipinski definition) is 4. The highest BCUT2D eigenvalue weighted by molar-refractivity contribution is 5.91. The van der Waals surface area contributed by atoms with Gasteiger partial charge in [-0.2, -0.15) is 5.11 Å². The fourth-order valence-electron chi connectivity index (χ4n) is 5.71. The van der Waals surface area contributed by atoms with Crippen LogP contribution < -0.4 is 10.6 Å². The van der Waals surface area contributed by atoms with Gasteiger partial charge < -0.3 is 5.32 Å². The molecule has 0 saturated carbocycles. The van der Waals surface area contributed by atoms with Crippen molar-refractivity contribution in [2.75, 3.05) is 5.32 Å². The molecule has 5 aromatic carbocycles. The zero-order chi connectivity index (χ0) is 26.8. The molecule has 0 heterocycles. The minimum absolute atomic E-state index is 0.0739. The Hall–Kier alpha value is -4.54. The van der Waals surface area contributed by atoms with E-state index in [1.54, 1.807) is 0 Å². The smallest absolute Gasteiger partial charge is 0.146 e. The van der Waals surface area contributed by atoms with Crippen LogP contribution in [0, 0.1) is 5.53 Å². The highest BCUT2D eigenvalue weighted by Gasteiger charge is 2.36. The van der Waals surface area contributed by atoms with Crippen LogP contribution in [0.2, 0.25) is 0 Å². The van der Waals surface area contributed by atoms with E-state index in [0.29, 0.717) is 6.54 Å². The minimum atomic E-state index is -0.368. The number of hydrogen-bond donors (Lipinski definition) is 3. The Morgan fingerprint density at radius 3 is 2.18 bits per heavy atom. The van der Waals surface area contributed by atoms with Crippen LogP contribution in [0.4, 0.5) is 11.4 Å². The number of anilines is 2. The Balaban J connectivity index is 1.34. The third-order valence-electron chi connectivity index (χ3n) is 7.76. The van der Waals surface area contributed by atoms with Gasteiger partial charge in [0.2, 0.25) is 0 Å². The Morgan fingerprint density at radius 2 is 1.41 bits per heavy atom. The van der Waals surface area contributed by atoms with E-state index in [4.69, 9.17) is 5.53 Å². The fraction of sp³-hybridized carbons (Fsp3) is 0.143. The van der Waals surface area contributed by atoms with Crippen LogP contribution in [-0.4, -0.2) is 0 Å². The molecule has 0 fully saturated rings. The predicted molar refractivity (Wildman–Crippen MR) is 160 cm³/mol.